The van der Waals surface area contributed by atoms with Gasteiger partial charge in [-0.1, -0.05) is 22.9 Å². The van der Waals surface area contributed by atoms with Gasteiger partial charge in [-0.3, -0.25) is 4.79 Å². The fourth-order valence-corrected chi connectivity index (χ4v) is 4.01. The van der Waals surface area contributed by atoms with Gasteiger partial charge in [0.05, 0.1) is 35.3 Å². The van der Waals surface area contributed by atoms with Crippen LogP contribution in [0.15, 0.2) is 49.2 Å². The molecule has 0 amide bonds. The number of hydrogen-bond acceptors (Lipinski definition) is 7. The first-order valence-electron chi connectivity index (χ1n) is 10.3. The summed E-state index contributed by atoms with van der Waals surface area (Å²) in [5, 5.41) is 4.92. The zero-order valence-electron chi connectivity index (χ0n) is 18.4. The highest BCUT2D eigenvalue weighted by molar-refractivity contribution is 9.10. The maximum absolute atomic E-state index is 13.2. The van der Waals surface area contributed by atoms with Crippen LogP contribution in [0.2, 0.25) is 0 Å². The van der Waals surface area contributed by atoms with Gasteiger partial charge < -0.3 is 14.2 Å². The van der Waals surface area contributed by atoms with Crippen LogP contribution < -0.4 is 15.0 Å². The molecule has 3 aromatic rings. The lowest BCUT2D eigenvalue weighted by atomic mass is 10.2. The van der Waals surface area contributed by atoms with E-state index in [0.717, 1.165) is 10.9 Å². The normalized spacial score (nSPS) is 11.2. The number of fused-ring (bicyclic) bond motifs is 1. The zero-order chi connectivity index (χ0) is 24.0. The molecule has 0 fully saturated rings. The van der Waals surface area contributed by atoms with Crippen molar-refractivity contribution in [2.75, 3.05) is 20.3 Å². The van der Waals surface area contributed by atoms with Gasteiger partial charge in [0.15, 0.2) is 18.1 Å². The van der Waals surface area contributed by atoms with Crippen LogP contribution in [-0.4, -0.2) is 42.2 Å². The van der Waals surface area contributed by atoms with Crippen molar-refractivity contribution in [3.63, 3.8) is 0 Å². The third-order valence-electron chi connectivity index (χ3n) is 4.56. The average Bonchev–Trinajstić information content (AvgIpc) is 2.79. The van der Waals surface area contributed by atoms with E-state index in [0.29, 0.717) is 51.3 Å². The molecule has 3 rings (SSSR count). The average molecular weight is 581 g/mol. The van der Waals surface area contributed by atoms with E-state index in [9.17, 15) is 9.59 Å². The first-order valence-corrected chi connectivity index (χ1v) is 11.9. The summed E-state index contributed by atoms with van der Waals surface area (Å²) in [4.78, 5) is 29.3. The molecule has 0 radical (unpaired) electrons. The summed E-state index contributed by atoms with van der Waals surface area (Å²) in [6.07, 6.45) is 2.98. The maximum atomic E-state index is 13.2. The van der Waals surface area contributed by atoms with Crippen LogP contribution in [0.25, 0.3) is 10.9 Å². The molecular weight excluding hydrogens is 558 g/mol. The molecule has 1 heterocycles. The molecule has 0 atom stereocenters. The van der Waals surface area contributed by atoms with Gasteiger partial charge in [0.25, 0.3) is 5.56 Å². The largest absolute Gasteiger partial charge is 0.490 e. The molecule has 0 saturated carbocycles. The SMILES string of the molecule is CCCc1nc2ccc(Br)cc2c(=O)n1N=Cc1cc(Br)c(OCC(=O)OC)c(OCC)c1. The topological polar surface area (TPSA) is 92.0 Å². The second kappa shape index (κ2) is 11.4. The Hall–Kier alpha value is -2.72. The van der Waals surface area contributed by atoms with Crippen LogP contribution in [0.1, 0.15) is 31.7 Å². The molecule has 0 N–H and O–H groups in total. The predicted molar refractivity (Wildman–Crippen MR) is 134 cm³/mol. The number of rotatable bonds is 9. The minimum Gasteiger partial charge on any atom is -0.490 e. The number of methoxy groups -OCH3 is 1. The standard InChI is InChI=1S/C23H23Br2N3O5/c1-4-6-20-27-18-8-7-15(24)11-16(18)23(30)28(20)26-12-14-9-17(25)22(19(10-14)32-5-2)33-13-21(29)31-3/h7-12H,4-6,13H2,1-3H3. The molecule has 10 heteroatoms. The Balaban J connectivity index is 2.03. The predicted octanol–water partition coefficient (Wildman–Crippen LogP) is 4.71. The monoisotopic (exact) mass is 579 g/mol. The number of nitrogens with zero attached hydrogens (tertiary/aromatic N) is 3. The highest BCUT2D eigenvalue weighted by Gasteiger charge is 2.15. The highest BCUT2D eigenvalue weighted by atomic mass is 79.9. The lowest BCUT2D eigenvalue weighted by Crippen LogP contribution is -2.22. The van der Waals surface area contributed by atoms with Gasteiger partial charge in [-0.15, -0.1) is 0 Å². The molecular formula is C23H23Br2N3O5. The summed E-state index contributed by atoms with van der Waals surface area (Å²) in [7, 11) is 1.29. The Morgan fingerprint density at radius 2 is 1.97 bits per heavy atom. The first kappa shape index (κ1) is 24.9. The quantitative estimate of drug-likeness (QED) is 0.269. The van der Waals surface area contributed by atoms with Gasteiger partial charge in [0, 0.05) is 10.9 Å². The smallest absolute Gasteiger partial charge is 0.343 e. The van der Waals surface area contributed by atoms with E-state index in [1.807, 2.05) is 26.0 Å². The third kappa shape index (κ3) is 6.00. The summed E-state index contributed by atoms with van der Waals surface area (Å²) >= 11 is 6.86. The van der Waals surface area contributed by atoms with Gasteiger partial charge in [-0.25, -0.2) is 9.78 Å². The number of aryl methyl sites for hydroxylation is 1. The molecule has 0 unspecified atom stereocenters. The van der Waals surface area contributed by atoms with Crippen LogP contribution in [0.3, 0.4) is 0 Å². The Bertz CT molecular complexity index is 1260. The van der Waals surface area contributed by atoms with Crippen molar-refractivity contribution in [2.24, 2.45) is 5.10 Å². The van der Waals surface area contributed by atoms with Crippen molar-refractivity contribution >= 4 is 54.9 Å². The molecule has 0 aliphatic carbocycles. The van der Waals surface area contributed by atoms with E-state index in [-0.39, 0.29) is 12.2 Å². The van der Waals surface area contributed by atoms with Crippen molar-refractivity contribution in [1.82, 2.24) is 9.66 Å². The van der Waals surface area contributed by atoms with Crippen molar-refractivity contribution in [3.05, 3.63) is 61.0 Å². The van der Waals surface area contributed by atoms with Crippen LogP contribution in [0, 0.1) is 0 Å². The van der Waals surface area contributed by atoms with E-state index >= 15 is 0 Å². The number of carbonyl (C=O) groups excluding carboxylic acids is 1. The van der Waals surface area contributed by atoms with E-state index in [1.165, 1.54) is 11.8 Å². The second-order valence-corrected chi connectivity index (χ2v) is 8.70. The van der Waals surface area contributed by atoms with Crippen molar-refractivity contribution in [1.29, 1.82) is 0 Å². The molecule has 0 bridgehead atoms. The summed E-state index contributed by atoms with van der Waals surface area (Å²) in [6, 6.07) is 8.89. The minimum absolute atomic E-state index is 0.247. The molecule has 0 aliphatic heterocycles. The Kier molecular flexibility index (Phi) is 8.62. The van der Waals surface area contributed by atoms with Crippen LogP contribution in [-0.2, 0) is 16.0 Å². The second-order valence-electron chi connectivity index (χ2n) is 6.93. The molecule has 0 aliphatic rings. The van der Waals surface area contributed by atoms with Crippen LogP contribution in [0.5, 0.6) is 11.5 Å². The lowest BCUT2D eigenvalue weighted by Gasteiger charge is -2.14. The highest BCUT2D eigenvalue weighted by Crippen LogP contribution is 2.36. The molecule has 1 aromatic heterocycles. The van der Waals surface area contributed by atoms with E-state index < -0.39 is 5.97 Å². The first-order chi connectivity index (χ1) is 15.9. The molecule has 0 saturated heterocycles. The number of carbonyl (C=O) groups is 1. The minimum atomic E-state index is -0.506. The Labute approximate surface area is 207 Å². The number of benzene rings is 2. The Morgan fingerprint density at radius 3 is 2.67 bits per heavy atom. The lowest BCUT2D eigenvalue weighted by molar-refractivity contribution is -0.142. The van der Waals surface area contributed by atoms with Crippen LogP contribution >= 0.6 is 31.9 Å². The molecule has 2 aromatic carbocycles. The third-order valence-corrected chi connectivity index (χ3v) is 5.65. The zero-order valence-corrected chi connectivity index (χ0v) is 21.6. The summed E-state index contributed by atoms with van der Waals surface area (Å²) in [5.41, 5.74) is 1.05. The number of ether oxygens (including phenoxy) is 3. The van der Waals surface area contributed by atoms with Crippen molar-refractivity contribution in [2.45, 2.75) is 26.7 Å². The number of aromatic nitrogens is 2. The van der Waals surface area contributed by atoms with Gasteiger partial charge in [0.2, 0.25) is 0 Å². The van der Waals surface area contributed by atoms with E-state index in [1.54, 1.807) is 24.4 Å². The summed E-state index contributed by atoms with van der Waals surface area (Å²) < 4.78 is 18.5. The molecule has 33 heavy (non-hydrogen) atoms. The van der Waals surface area contributed by atoms with Gasteiger partial charge in [-0.05, 0) is 65.2 Å². The van der Waals surface area contributed by atoms with E-state index in [2.05, 4.69) is 46.7 Å². The molecule has 174 valence electrons. The van der Waals surface area contributed by atoms with Crippen molar-refractivity contribution < 1.29 is 19.0 Å². The van der Waals surface area contributed by atoms with Crippen molar-refractivity contribution in [3.8, 4) is 11.5 Å². The summed E-state index contributed by atoms with van der Waals surface area (Å²) in [5.74, 6) is 0.878. The van der Waals surface area contributed by atoms with Crippen LogP contribution in [0.4, 0.5) is 0 Å². The summed E-state index contributed by atoms with van der Waals surface area (Å²) in [6.45, 7) is 4.00. The maximum Gasteiger partial charge on any atom is 0.343 e. The number of hydrogen-bond donors (Lipinski definition) is 0. The number of esters is 1. The fraction of sp³-hybridized carbons (Fsp3) is 0.304. The van der Waals surface area contributed by atoms with E-state index in [4.69, 9.17) is 9.47 Å². The molecule has 0 spiro atoms. The van der Waals surface area contributed by atoms with Gasteiger partial charge in [0.1, 0.15) is 5.82 Å². The fourth-order valence-electron chi connectivity index (χ4n) is 3.08. The Morgan fingerprint density at radius 1 is 1.18 bits per heavy atom. The molecule has 8 nitrogen and oxygen atoms in total. The number of halogens is 2. The van der Waals surface area contributed by atoms with Gasteiger partial charge in [-0.2, -0.15) is 9.78 Å². The van der Waals surface area contributed by atoms with Gasteiger partial charge >= 0.3 is 5.97 Å².